The highest BCUT2D eigenvalue weighted by Gasteiger charge is 2.16. The second-order valence-corrected chi connectivity index (χ2v) is 7.69. The van der Waals surface area contributed by atoms with Crippen LogP contribution in [-0.4, -0.2) is 17.6 Å². The standard InChI is InChI=1S/C19H16N2O3S2/c1-12-4-2-5-13(10-12)21-19(24)18(23)20-11-14-7-8-16(26-14)17(22)15-6-3-9-25-15/h2-10H,11H2,1H3,(H,20,23)(H,21,24). The molecule has 0 spiro atoms. The number of amides is 2. The molecular formula is C19H16N2O3S2. The molecule has 2 N–H and O–H groups in total. The van der Waals surface area contributed by atoms with Crippen molar-refractivity contribution < 1.29 is 14.4 Å². The number of hydrogen-bond acceptors (Lipinski definition) is 5. The second kappa shape index (κ2) is 8.07. The molecule has 0 unspecified atom stereocenters. The third-order valence-electron chi connectivity index (χ3n) is 3.54. The molecule has 2 aromatic heterocycles. The Hall–Kier alpha value is -2.77. The maximum Gasteiger partial charge on any atom is 0.313 e. The Bertz CT molecular complexity index is 945. The van der Waals surface area contributed by atoms with Gasteiger partial charge in [0.15, 0.2) is 0 Å². The van der Waals surface area contributed by atoms with Gasteiger partial charge in [-0.25, -0.2) is 0 Å². The molecule has 3 aromatic rings. The molecule has 2 heterocycles. The van der Waals surface area contributed by atoms with E-state index in [2.05, 4.69) is 10.6 Å². The molecule has 0 saturated carbocycles. The Morgan fingerprint density at radius 1 is 0.962 bits per heavy atom. The Kier molecular flexibility index (Phi) is 5.60. The van der Waals surface area contributed by atoms with E-state index in [0.717, 1.165) is 10.4 Å². The van der Waals surface area contributed by atoms with Gasteiger partial charge in [-0.15, -0.1) is 22.7 Å². The highest BCUT2D eigenvalue weighted by molar-refractivity contribution is 7.16. The van der Waals surface area contributed by atoms with E-state index in [1.165, 1.54) is 22.7 Å². The zero-order chi connectivity index (χ0) is 18.5. The first-order valence-corrected chi connectivity index (χ1v) is 9.55. The normalized spacial score (nSPS) is 10.3. The minimum Gasteiger partial charge on any atom is -0.343 e. The van der Waals surface area contributed by atoms with Gasteiger partial charge >= 0.3 is 11.8 Å². The molecule has 0 aliphatic carbocycles. The van der Waals surface area contributed by atoms with Gasteiger partial charge in [-0.1, -0.05) is 18.2 Å². The van der Waals surface area contributed by atoms with Crippen molar-refractivity contribution in [2.45, 2.75) is 13.5 Å². The van der Waals surface area contributed by atoms with E-state index in [0.29, 0.717) is 15.4 Å². The predicted octanol–water partition coefficient (Wildman–Crippen LogP) is 3.60. The van der Waals surface area contributed by atoms with Crippen LogP contribution in [0.5, 0.6) is 0 Å². The van der Waals surface area contributed by atoms with Gasteiger partial charge in [0.05, 0.1) is 16.3 Å². The van der Waals surface area contributed by atoms with E-state index in [1.807, 2.05) is 24.4 Å². The minimum absolute atomic E-state index is 0.0280. The van der Waals surface area contributed by atoms with E-state index in [-0.39, 0.29) is 12.3 Å². The fourth-order valence-corrected chi connectivity index (χ4v) is 3.93. The highest BCUT2D eigenvalue weighted by Crippen LogP contribution is 2.22. The first-order chi connectivity index (χ1) is 12.5. The lowest BCUT2D eigenvalue weighted by molar-refractivity contribution is -0.136. The fraction of sp³-hybridized carbons (Fsp3) is 0.105. The van der Waals surface area contributed by atoms with Crippen molar-refractivity contribution in [1.29, 1.82) is 0 Å². The molecule has 0 aliphatic rings. The number of rotatable bonds is 5. The van der Waals surface area contributed by atoms with Gasteiger partial charge < -0.3 is 10.6 Å². The van der Waals surface area contributed by atoms with Crippen LogP contribution in [0.4, 0.5) is 5.69 Å². The highest BCUT2D eigenvalue weighted by atomic mass is 32.1. The van der Waals surface area contributed by atoms with Crippen LogP contribution < -0.4 is 10.6 Å². The number of hydrogen-bond donors (Lipinski definition) is 2. The van der Waals surface area contributed by atoms with Crippen molar-refractivity contribution in [3.8, 4) is 0 Å². The average molecular weight is 384 g/mol. The van der Waals surface area contributed by atoms with E-state index in [4.69, 9.17) is 0 Å². The summed E-state index contributed by atoms with van der Waals surface area (Å²) in [4.78, 5) is 38.3. The Labute approximate surface area is 158 Å². The molecule has 7 heteroatoms. The molecular weight excluding hydrogens is 368 g/mol. The van der Waals surface area contributed by atoms with Crippen LogP contribution in [0.25, 0.3) is 0 Å². The van der Waals surface area contributed by atoms with E-state index >= 15 is 0 Å². The van der Waals surface area contributed by atoms with Crippen LogP contribution in [-0.2, 0) is 16.1 Å². The molecule has 0 radical (unpaired) electrons. The first-order valence-electron chi connectivity index (χ1n) is 7.85. The van der Waals surface area contributed by atoms with Gasteiger partial charge in [0.1, 0.15) is 0 Å². The van der Waals surface area contributed by atoms with Crippen molar-refractivity contribution in [3.63, 3.8) is 0 Å². The molecule has 1 aromatic carbocycles. The summed E-state index contributed by atoms with van der Waals surface area (Å²) in [6.45, 7) is 2.10. The van der Waals surface area contributed by atoms with Crippen LogP contribution in [0.3, 0.4) is 0 Å². The van der Waals surface area contributed by atoms with Crippen molar-refractivity contribution in [2.24, 2.45) is 0 Å². The van der Waals surface area contributed by atoms with Crippen LogP contribution in [0.15, 0.2) is 53.9 Å². The van der Waals surface area contributed by atoms with Crippen molar-refractivity contribution in [2.75, 3.05) is 5.32 Å². The van der Waals surface area contributed by atoms with E-state index < -0.39 is 11.8 Å². The summed E-state index contributed by atoms with van der Waals surface area (Å²) >= 11 is 2.70. The second-order valence-electron chi connectivity index (χ2n) is 5.58. The van der Waals surface area contributed by atoms with Crippen LogP contribution in [0, 0.1) is 6.92 Å². The predicted molar refractivity (Wildman–Crippen MR) is 104 cm³/mol. The molecule has 0 aliphatic heterocycles. The molecule has 0 bridgehead atoms. The smallest absolute Gasteiger partial charge is 0.313 e. The topological polar surface area (TPSA) is 75.3 Å². The fourth-order valence-electron chi connectivity index (χ4n) is 2.28. The molecule has 0 fully saturated rings. The summed E-state index contributed by atoms with van der Waals surface area (Å²) in [7, 11) is 0. The van der Waals surface area contributed by atoms with Gasteiger partial charge in [0, 0.05) is 10.6 Å². The van der Waals surface area contributed by atoms with Crippen molar-refractivity contribution >= 4 is 46.0 Å². The number of carbonyl (C=O) groups is 3. The Morgan fingerprint density at radius 3 is 2.54 bits per heavy atom. The number of benzene rings is 1. The summed E-state index contributed by atoms with van der Waals surface area (Å²) in [5, 5.41) is 6.99. The molecule has 3 rings (SSSR count). The van der Waals surface area contributed by atoms with Crippen LogP contribution in [0.1, 0.15) is 25.0 Å². The van der Waals surface area contributed by atoms with Crippen LogP contribution in [0.2, 0.25) is 0 Å². The maximum absolute atomic E-state index is 12.3. The summed E-state index contributed by atoms with van der Waals surface area (Å²) < 4.78 is 0. The summed E-state index contributed by atoms with van der Waals surface area (Å²) in [6.07, 6.45) is 0. The lowest BCUT2D eigenvalue weighted by Gasteiger charge is -2.06. The molecule has 0 atom stereocenters. The van der Waals surface area contributed by atoms with Gasteiger partial charge in [-0.05, 0) is 48.2 Å². The summed E-state index contributed by atoms with van der Waals surface area (Å²) in [6, 6.07) is 14.4. The van der Waals surface area contributed by atoms with Gasteiger partial charge in [0.25, 0.3) is 0 Å². The third-order valence-corrected chi connectivity index (χ3v) is 5.49. The number of ketones is 1. The van der Waals surface area contributed by atoms with Gasteiger partial charge in [-0.3, -0.25) is 14.4 Å². The monoisotopic (exact) mass is 384 g/mol. The van der Waals surface area contributed by atoms with E-state index in [9.17, 15) is 14.4 Å². The van der Waals surface area contributed by atoms with Gasteiger partial charge in [0.2, 0.25) is 5.78 Å². The third kappa shape index (κ3) is 4.44. The maximum atomic E-state index is 12.3. The number of carbonyl (C=O) groups excluding carboxylic acids is 3. The van der Waals surface area contributed by atoms with Crippen LogP contribution >= 0.6 is 22.7 Å². The average Bonchev–Trinajstić information content (AvgIpc) is 3.31. The SMILES string of the molecule is Cc1cccc(NC(=O)C(=O)NCc2ccc(C(=O)c3cccs3)s2)c1. The number of thiophene rings is 2. The lowest BCUT2D eigenvalue weighted by Crippen LogP contribution is -2.34. The van der Waals surface area contributed by atoms with Gasteiger partial charge in [-0.2, -0.15) is 0 Å². The van der Waals surface area contributed by atoms with Crippen molar-refractivity contribution in [1.82, 2.24) is 5.32 Å². The largest absolute Gasteiger partial charge is 0.343 e. The quantitative estimate of drug-likeness (QED) is 0.521. The Morgan fingerprint density at radius 2 is 1.81 bits per heavy atom. The van der Waals surface area contributed by atoms with E-state index in [1.54, 1.807) is 36.4 Å². The molecule has 132 valence electrons. The molecule has 5 nitrogen and oxygen atoms in total. The number of anilines is 1. The number of aryl methyl sites for hydroxylation is 1. The molecule has 2 amide bonds. The molecule has 0 saturated heterocycles. The first kappa shape index (κ1) is 18.0. The number of nitrogens with one attached hydrogen (secondary N) is 2. The Balaban J connectivity index is 1.54. The zero-order valence-electron chi connectivity index (χ0n) is 13.9. The minimum atomic E-state index is -0.720. The summed E-state index contributed by atoms with van der Waals surface area (Å²) in [5.41, 5.74) is 1.56. The van der Waals surface area contributed by atoms with Crippen molar-refractivity contribution in [3.05, 3.63) is 74.1 Å². The molecule has 26 heavy (non-hydrogen) atoms. The lowest BCUT2D eigenvalue weighted by atomic mass is 10.2. The zero-order valence-corrected chi connectivity index (χ0v) is 15.6. The summed E-state index contributed by atoms with van der Waals surface area (Å²) in [5.74, 6) is -1.46.